The second kappa shape index (κ2) is 7.14. The van der Waals surface area contributed by atoms with E-state index in [1.165, 1.54) is 20.9 Å². The van der Waals surface area contributed by atoms with E-state index in [4.69, 9.17) is 5.11 Å². The van der Waals surface area contributed by atoms with Gasteiger partial charge in [0.25, 0.3) is 6.29 Å². The predicted molar refractivity (Wildman–Crippen MR) is 55.0 cm³/mol. The monoisotopic (exact) mass is 265 g/mol. The zero-order valence-electron chi connectivity index (χ0n) is 10.4. The Labute approximate surface area is 103 Å². The Morgan fingerprint density at radius 1 is 1.44 bits per heavy atom. The van der Waals surface area contributed by atoms with Crippen LogP contribution in [0.3, 0.4) is 0 Å². The normalized spacial score (nSPS) is 14.3. The molecule has 10 heteroatoms. The number of carboxylic acids is 1. The molecule has 0 rings (SSSR count). The molecule has 1 N–H and O–H groups in total. The first-order valence-corrected chi connectivity index (χ1v) is 4.83. The van der Waals surface area contributed by atoms with Gasteiger partial charge in [0.2, 0.25) is 5.28 Å². The number of hydrazine groups is 1. The van der Waals surface area contributed by atoms with Crippen LogP contribution >= 0.6 is 0 Å². The Balaban J connectivity index is 4.33. The molecule has 18 heavy (non-hydrogen) atoms. The summed E-state index contributed by atoms with van der Waals surface area (Å²) in [5, 5.41) is 23.7. The van der Waals surface area contributed by atoms with Crippen LogP contribution in [0.5, 0.6) is 0 Å². The summed E-state index contributed by atoms with van der Waals surface area (Å²) in [6.45, 7) is 2.59. The molecule has 0 amide bonds. The van der Waals surface area contributed by atoms with Gasteiger partial charge in [-0.1, -0.05) is 0 Å². The summed E-state index contributed by atoms with van der Waals surface area (Å²) in [6.07, 6.45) is -2.15. The molecule has 2 atom stereocenters. The van der Waals surface area contributed by atoms with Crippen LogP contribution in [0.2, 0.25) is 0 Å². The molecule has 0 aromatic heterocycles. The highest BCUT2D eigenvalue weighted by Gasteiger charge is 2.23. The van der Waals surface area contributed by atoms with Gasteiger partial charge >= 0.3 is 12.1 Å². The van der Waals surface area contributed by atoms with Gasteiger partial charge in [0, 0.05) is 6.92 Å². The summed E-state index contributed by atoms with van der Waals surface area (Å²) in [5.41, 5.74) is 0. The Hall–Kier alpha value is -2.26. The molecule has 104 valence electrons. The number of rotatable bonds is 6. The number of aliphatic carboxylic acids is 1. The van der Waals surface area contributed by atoms with Crippen molar-refractivity contribution < 1.29 is 34.0 Å². The van der Waals surface area contributed by atoms with Crippen LogP contribution in [0, 0.1) is 5.21 Å². The predicted octanol–water partition coefficient (Wildman–Crippen LogP) is 0.329. The van der Waals surface area contributed by atoms with Crippen LogP contribution in [0.4, 0.5) is 4.79 Å². The third-order valence-corrected chi connectivity index (χ3v) is 1.88. The molecule has 0 radical (unpaired) electrons. The van der Waals surface area contributed by atoms with Crippen molar-refractivity contribution in [1.29, 1.82) is 0 Å². The van der Waals surface area contributed by atoms with Crippen LogP contribution in [0.1, 0.15) is 13.8 Å². The van der Waals surface area contributed by atoms with E-state index in [-0.39, 0.29) is 4.97 Å². The topological polar surface area (TPSA) is 124 Å². The molecule has 0 bridgehead atoms. The number of hydrogen-bond donors (Lipinski definition) is 1. The van der Waals surface area contributed by atoms with E-state index in [2.05, 4.69) is 19.6 Å². The van der Waals surface area contributed by atoms with Gasteiger partial charge in [0.1, 0.15) is 0 Å². The first-order valence-electron chi connectivity index (χ1n) is 4.83. The summed E-state index contributed by atoms with van der Waals surface area (Å²) >= 11 is 0. The molecule has 0 aliphatic carbocycles. The lowest BCUT2D eigenvalue weighted by atomic mass is 10.3. The van der Waals surface area contributed by atoms with Gasteiger partial charge < -0.3 is 19.8 Å². The van der Waals surface area contributed by atoms with Crippen LogP contribution < -0.4 is 0 Å². The average Bonchev–Trinajstić information content (AvgIpc) is 2.33. The number of carbonyl (C=O) groups is 2. The highest BCUT2D eigenvalue weighted by atomic mass is 16.8. The molecule has 0 fully saturated rings. The van der Waals surface area contributed by atoms with Gasteiger partial charge in [0.15, 0.2) is 6.04 Å². The lowest BCUT2D eigenvalue weighted by molar-refractivity contribution is -0.711. The van der Waals surface area contributed by atoms with Crippen molar-refractivity contribution in [1.82, 2.24) is 5.01 Å². The Morgan fingerprint density at radius 3 is 2.44 bits per heavy atom. The van der Waals surface area contributed by atoms with Gasteiger partial charge in [-0.15, -0.1) is 5.01 Å². The maximum absolute atomic E-state index is 11.3. The average molecular weight is 265 g/mol. The largest absolute Gasteiger partial charge is 0.569 e. The molecule has 10 nitrogen and oxygen atoms in total. The third kappa shape index (κ3) is 5.18. The Morgan fingerprint density at radius 2 is 2.00 bits per heavy atom. The minimum absolute atomic E-state index is 0.0735. The molecule has 0 aliphatic rings. The molecule has 0 saturated carbocycles. The third-order valence-electron chi connectivity index (χ3n) is 1.88. The minimum Gasteiger partial charge on any atom is -0.569 e. The maximum Gasteiger partial charge on any atom is 0.511 e. The quantitative estimate of drug-likeness (QED) is 0.239. The fourth-order valence-electron chi connectivity index (χ4n) is 0.677. The van der Waals surface area contributed by atoms with Crippen LogP contribution in [-0.4, -0.2) is 53.7 Å². The van der Waals surface area contributed by atoms with E-state index in [9.17, 15) is 14.8 Å². The van der Waals surface area contributed by atoms with Crippen LogP contribution in [0.15, 0.2) is 5.28 Å². The first kappa shape index (κ1) is 15.7. The van der Waals surface area contributed by atoms with Gasteiger partial charge in [0.05, 0.1) is 19.1 Å². The summed E-state index contributed by atoms with van der Waals surface area (Å²) in [7, 11) is 2.32. The van der Waals surface area contributed by atoms with Crippen molar-refractivity contribution in [2.45, 2.75) is 26.2 Å². The molecular weight excluding hydrogens is 250 g/mol. The standard InChI is InChI=1S/C8H15N3O7/c1-5(7(12)13)10(3)11(15)9-18-6(2)17-8(14)16-4/h5-6H,1-4H3,(H,12,13)/b11-9-/t5-,6?/m0/s1. The fraction of sp³-hybridized carbons (Fsp3) is 0.750. The summed E-state index contributed by atoms with van der Waals surface area (Å²) in [4.78, 5) is 25.7. The number of likely N-dealkylation sites (N-methyl/N-ethyl adjacent to an activating group) is 1. The van der Waals surface area contributed by atoms with E-state index in [0.29, 0.717) is 0 Å². The number of methoxy groups -OCH3 is 1. The summed E-state index contributed by atoms with van der Waals surface area (Å²) in [5.74, 6) is -1.20. The van der Waals surface area contributed by atoms with Gasteiger partial charge in [-0.05, 0) is 6.92 Å². The number of carbonyl (C=O) groups excluding carboxylic acids is 1. The maximum atomic E-state index is 11.3. The van der Waals surface area contributed by atoms with Crippen molar-refractivity contribution >= 4 is 12.1 Å². The smallest absolute Gasteiger partial charge is 0.511 e. The highest BCUT2D eigenvalue weighted by molar-refractivity contribution is 5.72. The Kier molecular flexibility index (Phi) is 6.24. The van der Waals surface area contributed by atoms with Gasteiger partial charge in [-0.2, -0.15) is 0 Å². The molecular formula is C8H15N3O7. The Bertz CT molecular complexity index is 333. The zero-order valence-corrected chi connectivity index (χ0v) is 10.4. The number of carboxylic acid groups (broad SMARTS) is 1. The van der Waals surface area contributed by atoms with Crippen LogP contribution in [-0.2, 0) is 19.1 Å². The van der Waals surface area contributed by atoms with Crippen molar-refractivity contribution in [2.75, 3.05) is 14.2 Å². The summed E-state index contributed by atoms with van der Waals surface area (Å²) in [6, 6.07) is -1.09. The molecule has 0 spiro atoms. The number of ether oxygens (including phenoxy) is 2. The van der Waals surface area contributed by atoms with Crippen molar-refractivity contribution in [3.63, 3.8) is 0 Å². The van der Waals surface area contributed by atoms with Gasteiger partial charge in [-0.25, -0.2) is 9.59 Å². The molecule has 0 aromatic rings. The van der Waals surface area contributed by atoms with Crippen molar-refractivity contribution in [3.05, 3.63) is 5.21 Å². The van der Waals surface area contributed by atoms with E-state index in [1.54, 1.807) is 0 Å². The second-order valence-corrected chi connectivity index (χ2v) is 3.17. The molecule has 0 saturated heterocycles. The minimum atomic E-state index is -1.20. The lowest BCUT2D eigenvalue weighted by Gasteiger charge is -2.17. The van der Waals surface area contributed by atoms with E-state index < -0.39 is 24.5 Å². The molecule has 0 aliphatic heterocycles. The second-order valence-electron chi connectivity index (χ2n) is 3.17. The first-order chi connectivity index (χ1) is 8.29. The molecule has 1 unspecified atom stereocenters. The SMILES string of the molecule is COC(=O)OC(C)O/N=[N+](\[O-])N(C)[C@@H](C)C(=O)O. The number of hydrogen-bond acceptors (Lipinski definition) is 7. The highest BCUT2D eigenvalue weighted by Crippen LogP contribution is 2.00. The molecule has 0 aromatic carbocycles. The van der Waals surface area contributed by atoms with E-state index in [0.717, 1.165) is 12.1 Å². The number of nitrogens with zero attached hydrogens (tertiary/aromatic N) is 3. The summed E-state index contributed by atoms with van der Waals surface area (Å²) < 4.78 is 8.64. The van der Waals surface area contributed by atoms with E-state index in [1.807, 2.05) is 0 Å². The lowest BCUT2D eigenvalue weighted by Crippen LogP contribution is -2.40. The zero-order chi connectivity index (χ0) is 14.3. The fourth-order valence-corrected chi connectivity index (χ4v) is 0.677. The van der Waals surface area contributed by atoms with E-state index >= 15 is 0 Å². The van der Waals surface area contributed by atoms with Crippen molar-refractivity contribution in [3.8, 4) is 0 Å². The molecule has 0 heterocycles. The van der Waals surface area contributed by atoms with Crippen molar-refractivity contribution in [2.24, 2.45) is 5.28 Å². The van der Waals surface area contributed by atoms with Gasteiger partial charge in [-0.3, -0.25) is 4.84 Å². The van der Waals surface area contributed by atoms with Crippen LogP contribution in [0.25, 0.3) is 0 Å².